The average Bonchev–Trinajstić information content (AvgIpc) is 2.70. The molecule has 152 valence electrons. The summed E-state index contributed by atoms with van der Waals surface area (Å²) in [6, 6.07) is 17.2. The molecule has 0 radical (unpaired) electrons. The van der Waals surface area contributed by atoms with Crippen molar-refractivity contribution in [2.24, 2.45) is 10.7 Å². The second kappa shape index (κ2) is 9.34. The third kappa shape index (κ3) is 5.31. The van der Waals surface area contributed by atoms with Gasteiger partial charge in [-0.25, -0.2) is 0 Å². The van der Waals surface area contributed by atoms with Crippen LogP contribution in [0.4, 0.5) is 17.1 Å². The van der Waals surface area contributed by atoms with Crippen LogP contribution >= 0.6 is 23.8 Å². The van der Waals surface area contributed by atoms with Crippen LogP contribution in [-0.2, 0) is 6.42 Å². The maximum atomic E-state index is 11.4. The van der Waals surface area contributed by atoms with Crippen LogP contribution in [0.1, 0.15) is 16.7 Å². The summed E-state index contributed by atoms with van der Waals surface area (Å²) < 4.78 is 0. The molecule has 0 heterocycles. The van der Waals surface area contributed by atoms with Gasteiger partial charge >= 0.3 is 5.69 Å². The molecule has 0 amide bonds. The molecule has 3 aromatic carbocycles. The number of aromatic hydroxyl groups is 1. The molecule has 9 heteroatoms. The first kappa shape index (κ1) is 21.2. The Kier molecular flexibility index (Phi) is 6.61. The molecule has 0 aliphatic rings. The zero-order valence-electron chi connectivity index (χ0n) is 15.6. The zero-order chi connectivity index (χ0) is 21.7. The van der Waals surface area contributed by atoms with Gasteiger partial charge in [0.05, 0.1) is 10.6 Å². The quantitative estimate of drug-likeness (QED) is 0.216. The summed E-state index contributed by atoms with van der Waals surface area (Å²) in [7, 11) is 0. The number of phenolic OH excluding ortho intramolecular Hbond substituents is 1. The van der Waals surface area contributed by atoms with Crippen molar-refractivity contribution < 1.29 is 10.0 Å². The lowest BCUT2D eigenvalue weighted by atomic mass is 10.0. The topological polar surface area (TPSA) is 114 Å². The fourth-order valence-corrected chi connectivity index (χ4v) is 3.14. The van der Waals surface area contributed by atoms with Crippen molar-refractivity contribution in [2.45, 2.75) is 6.42 Å². The largest absolute Gasteiger partial charge is 0.502 e. The molecule has 30 heavy (non-hydrogen) atoms. The van der Waals surface area contributed by atoms with E-state index in [2.05, 4.69) is 10.3 Å². The summed E-state index contributed by atoms with van der Waals surface area (Å²) in [6.07, 6.45) is 1.76. The molecule has 0 aromatic heterocycles. The molecule has 0 aliphatic carbocycles. The van der Waals surface area contributed by atoms with Gasteiger partial charge in [0.2, 0.25) is 5.75 Å². The Bertz CT molecular complexity index is 1130. The Hall–Kier alpha value is -3.49. The third-order valence-electron chi connectivity index (χ3n) is 4.22. The van der Waals surface area contributed by atoms with Crippen LogP contribution in [0.15, 0.2) is 65.7 Å². The van der Waals surface area contributed by atoms with Gasteiger partial charge in [0.1, 0.15) is 0 Å². The highest BCUT2D eigenvalue weighted by molar-refractivity contribution is 7.80. The molecule has 0 saturated carbocycles. The lowest BCUT2D eigenvalue weighted by Gasteiger charge is -2.08. The molecule has 0 spiro atoms. The highest BCUT2D eigenvalue weighted by Crippen LogP contribution is 2.32. The Morgan fingerprint density at radius 1 is 1.23 bits per heavy atom. The summed E-state index contributed by atoms with van der Waals surface area (Å²) in [5, 5.41) is 25.2. The van der Waals surface area contributed by atoms with Gasteiger partial charge in [-0.1, -0.05) is 29.8 Å². The van der Waals surface area contributed by atoms with E-state index in [1.165, 1.54) is 12.3 Å². The molecule has 0 saturated heterocycles. The van der Waals surface area contributed by atoms with Crippen LogP contribution in [0.3, 0.4) is 0 Å². The first-order chi connectivity index (χ1) is 14.3. The fraction of sp³-hybridized carbons (Fsp3) is 0.0476. The summed E-state index contributed by atoms with van der Waals surface area (Å²) >= 11 is 11.0. The summed E-state index contributed by atoms with van der Waals surface area (Å²) in [5.41, 5.74) is 8.02. The number of thiocarbonyl (C=S) groups is 1. The molecule has 3 rings (SSSR count). The van der Waals surface area contributed by atoms with Crippen LogP contribution < -0.4 is 11.1 Å². The van der Waals surface area contributed by atoms with Gasteiger partial charge in [0.25, 0.3) is 0 Å². The van der Waals surface area contributed by atoms with E-state index in [1.54, 1.807) is 36.4 Å². The maximum Gasteiger partial charge on any atom is 0.311 e. The minimum atomic E-state index is -0.626. The van der Waals surface area contributed by atoms with Gasteiger partial charge in [-0.05, 0) is 66.2 Å². The second-order valence-electron chi connectivity index (χ2n) is 6.37. The van der Waals surface area contributed by atoms with Gasteiger partial charge in [-0.15, -0.1) is 0 Å². The standard InChI is InChI=1S/C21H17ClN4O3S/c22-18-4-2-1-3-14(18)9-13-10-15(20(27)19(11-13)26(28)29)12-24-16-5-7-17(8-6-16)25-21(23)30/h1-8,10-12,27H,9H2,(H3,23,25,30). The number of rotatable bonds is 6. The third-order valence-corrected chi connectivity index (χ3v) is 4.69. The summed E-state index contributed by atoms with van der Waals surface area (Å²) in [6.45, 7) is 0. The van der Waals surface area contributed by atoms with E-state index in [1.807, 2.05) is 18.2 Å². The molecule has 3 aromatic rings. The van der Waals surface area contributed by atoms with Crippen LogP contribution in [0, 0.1) is 10.1 Å². The molecule has 7 nitrogen and oxygen atoms in total. The molecule has 4 N–H and O–H groups in total. The van der Waals surface area contributed by atoms with Gasteiger partial charge in [0.15, 0.2) is 5.11 Å². The van der Waals surface area contributed by atoms with E-state index >= 15 is 0 Å². The molecular formula is C21H17ClN4O3S. The molecule has 0 bridgehead atoms. The smallest absolute Gasteiger partial charge is 0.311 e. The van der Waals surface area contributed by atoms with E-state index in [4.69, 9.17) is 29.6 Å². The molecule has 0 fully saturated rings. The summed E-state index contributed by atoms with van der Waals surface area (Å²) in [4.78, 5) is 15.1. The van der Waals surface area contributed by atoms with E-state index in [-0.39, 0.29) is 10.7 Å². The number of nitrogens with zero attached hydrogens (tertiary/aromatic N) is 2. The Morgan fingerprint density at radius 3 is 2.57 bits per heavy atom. The number of anilines is 1. The van der Waals surface area contributed by atoms with E-state index in [0.29, 0.717) is 28.4 Å². The lowest BCUT2D eigenvalue weighted by molar-refractivity contribution is -0.385. The number of phenols is 1. The number of nitro benzene ring substituents is 1. The number of nitrogens with two attached hydrogens (primary N) is 1. The monoisotopic (exact) mass is 440 g/mol. The first-order valence-electron chi connectivity index (χ1n) is 8.78. The normalized spacial score (nSPS) is 10.8. The fourth-order valence-electron chi connectivity index (χ4n) is 2.82. The molecule has 0 atom stereocenters. The predicted molar refractivity (Wildman–Crippen MR) is 123 cm³/mol. The Labute approximate surface area is 183 Å². The molecule has 0 aliphatic heterocycles. The minimum absolute atomic E-state index is 0.152. The van der Waals surface area contributed by atoms with Crippen molar-refractivity contribution in [1.29, 1.82) is 0 Å². The lowest BCUT2D eigenvalue weighted by Crippen LogP contribution is -2.18. The number of hydrogen-bond donors (Lipinski definition) is 3. The van der Waals surface area contributed by atoms with Gasteiger partial charge in [0, 0.05) is 28.6 Å². The number of halogens is 1. The highest BCUT2D eigenvalue weighted by atomic mass is 35.5. The Morgan fingerprint density at radius 2 is 1.93 bits per heavy atom. The van der Waals surface area contributed by atoms with Gasteiger partial charge < -0.3 is 16.2 Å². The van der Waals surface area contributed by atoms with Crippen LogP contribution in [0.25, 0.3) is 0 Å². The van der Waals surface area contributed by atoms with Crippen molar-refractivity contribution in [3.63, 3.8) is 0 Å². The highest BCUT2D eigenvalue weighted by Gasteiger charge is 2.19. The van der Waals surface area contributed by atoms with E-state index < -0.39 is 16.4 Å². The van der Waals surface area contributed by atoms with Crippen LogP contribution in [0.2, 0.25) is 5.02 Å². The molecule has 0 unspecified atom stereocenters. The van der Waals surface area contributed by atoms with Crippen LogP contribution in [0.5, 0.6) is 5.75 Å². The molecular weight excluding hydrogens is 424 g/mol. The predicted octanol–water partition coefficient (Wildman–Crippen LogP) is 4.95. The zero-order valence-corrected chi connectivity index (χ0v) is 17.2. The van der Waals surface area contributed by atoms with Gasteiger partial charge in [-0.3, -0.25) is 15.1 Å². The van der Waals surface area contributed by atoms with Crippen molar-refractivity contribution in [1.82, 2.24) is 0 Å². The first-order valence-corrected chi connectivity index (χ1v) is 9.56. The number of aliphatic imine (C=N–C) groups is 1. The van der Waals surface area contributed by atoms with E-state index in [9.17, 15) is 15.2 Å². The van der Waals surface area contributed by atoms with E-state index in [0.717, 1.165) is 5.56 Å². The van der Waals surface area contributed by atoms with Gasteiger partial charge in [-0.2, -0.15) is 0 Å². The van der Waals surface area contributed by atoms with Crippen molar-refractivity contribution in [3.8, 4) is 5.75 Å². The van der Waals surface area contributed by atoms with Crippen LogP contribution in [-0.4, -0.2) is 21.4 Å². The summed E-state index contributed by atoms with van der Waals surface area (Å²) in [5.74, 6) is -0.446. The SMILES string of the molecule is NC(=S)Nc1ccc(N=Cc2cc(Cc3ccccc3Cl)cc([N+](=O)[O-])c2O)cc1. The minimum Gasteiger partial charge on any atom is -0.502 e. The van der Waals surface area contributed by atoms with Crippen molar-refractivity contribution in [2.75, 3.05) is 5.32 Å². The van der Waals surface area contributed by atoms with Crippen molar-refractivity contribution in [3.05, 3.63) is 92.5 Å². The maximum absolute atomic E-state index is 11.4. The number of hydrogen-bond acceptors (Lipinski definition) is 5. The van der Waals surface area contributed by atoms with Crippen molar-refractivity contribution >= 4 is 52.2 Å². The average molecular weight is 441 g/mol. The second-order valence-corrected chi connectivity index (χ2v) is 7.22. The Balaban J connectivity index is 1.92. The number of benzene rings is 3. The number of nitro groups is 1. The number of nitrogens with one attached hydrogen (secondary N) is 1.